The van der Waals surface area contributed by atoms with Crippen LogP contribution in [0.15, 0.2) is 42.5 Å². The maximum atomic E-state index is 12.1. The Morgan fingerprint density at radius 3 is 2.41 bits per heavy atom. The average molecular weight is 409 g/mol. The minimum atomic E-state index is -0.770. The summed E-state index contributed by atoms with van der Waals surface area (Å²) in [6, 6.07) is 11.6. The summed E-state index contributed by atoms with van der Waals surface area (Å²) in [5.41, 5.74) is 1.77. The smallest absolute Gasteiger partial charge is 0.340 e. The van der Waals surface area contributed by atoms with Crippen LogP contribution in [0.5, 0.6) is 0 Å². The summed E-state index contributed by atoms with van der Waals surface area (Å²) in [7, 11) is 1.44. The Bertz CT molecular complexity index is 853. The largest absolute Gasteiger partial charge is 0.452 e. The number of nitrogens with one attached hydrogen (secondary N) is 1. The fourth-order valence-corrected chi connectivity index (χ4v) is 2.48. The van der Waals surface area contributed by atoms with Gasteiger partial charge in [-0.25, -0.2) is 4.79 Å². The summed E-state index contributed by atoms with van der Waals surface area (Å²) in [6.07, 6.45) is 0. The molecule has 0 aliphatic heterocycles. The van der Waals surface area contributed by atoms with Gasteiger partial charge < -0.3 is 15.0 Å². The molecule has 0 bridgehead atoms. The second kappa shape index (κ2) is 9.39. The highest BCUT2D eigenvalue weighted by Crippen LogP contribution is 2.21. The third-order valence-electron chi connectivity index (χ3n) is 3.62. The first-order valence-corrected chi connectivity index (χ1v) is 8.74. The fraction of sp³-hybridized carbons (Fsp3) is 0.211. The Labute approximate surface area is 167 Å². The molecule has 1 N–H and O–H groups in total. The van der Waals surface area contributed by atoms with Gasteiger partial charge in [0.2, 0.25) is 5.91 Å². The van der Waals surface area contributed by atoms with Crippen molar-refractivity contribution in [2.75, 3.05) is 25.5 Å². The van der Waals surface area contributed by atoms with Crippen molar-refractivity contribution in [1.82, 2.24) is 4.90 Å². The summed E-state index contributed by atoms with van der Waals surface area (Å²) in [5, 5.41) is 3.18. The third-order valence-corrected chi connectivity index (χ3v) is 4.18. The van der Waals surface area contributed by atoms with Crippen LogP contribution < -0.4 is 5.32 Å². The summed E-state index contributed by atoms with van der Waals surface area (Å²) in [4.78, 5) is 37.3. The van der Waals surface area contributed by atoms with Crippen molar-refractivity contribution in [2.45, 2.75) is 6.92 Å². The van der Waals surface area contributed by atoms with E-state index >= 15 is 0 Å². The Kier molecular flexibility index (Phi) is 7.21. The number of carbonyl (C=O) groups excluding carboxylic acids is 3. The van der Waals surface area contributed by atoms with Crippen molar-refractivity contribution in [3.05, 3.63) is 63.6 Å². The van der Waals surface area contributed by atoms with E-state index in [1.807, 2.05) is 19.1 Å². The second-order valence-corrected chi connectivity index (χ2v) is 6.71. The Morgan fingerprint density at radius 1 is 1.07 bits per heavy atom. The van der Waals surface area contributed by atoms with E-state index in [0.29, 0.717) is 10.7 Å². The number of aryl methyl sites for hydroxylation is 1. The van der Waals surface area contributed by atoms with Gasteiger partial charge in [0.1, 0.15) is 0 Å². The molecule has 2 amide bonds. The van der Waals surface area contributed by atoms with Crippen LogP contribution in [0.1, 0.15) is 15.9 Å². The van der Waals surface area contributed by atoms with E-state index in [1.54, 1.807) is 12.1 Å². The van der Waals surface area contributed by atoms with Crippen molar-refractivity contribution in [3.63, 3.8) is 0 Å². The number of nitrogens with zero attached hydrogens (tertiary/aromatic N) is 1. The van der Waals surface area contributed by atoms with Gasteiger partial charge >= 0.3 is 5.97 Å². The van der Waals surface area contributed by atoms with Gasteiger partial charge in [-0.2, -0.15) is 0 Å². The van der Waals surface area contributed by atoms with E-state index in [1.165, 1.54) is 25.2 Å². The van der Waals surface area contributed by atoms with E-state index in [0.717, 1.165) is 10.5 Å². The van der Waals surface area contributed by atoms with Crippen molar-refractivity contribution in [1.29, 1.82) is 0 Å². The lowest BCUT2D eigenvalue weighted by Gasteiger charge is -2.17. The number of ether oxygens (including phenoxy) is 1. The minimum Gasteiger partial charge on any atom is -0.452 e. The van der Waals surface area contributed by atoms with Crippen LogP contribution in [-0.2, 0) is 14.3 Å². The third kappa shape index (κ3) is 6.27. The molecule has 0 fully saturated rings. The first-order chi connectivity index (χ1) is 12.8. The van der Waals surface area contributed by atoms with Crippen LogP contribution in [0, 0.1) is 6.92 Å². The zero-order valence-electron chi connectivity index (χ0n) is 14.8. The highest BCUT2D eigenvalue weighted by Gasteiger charge is 2.18. The predicted octanol–water partition coefficient (Wildman–Crippen LogP) is 3.56. The highest BCUT2D eigenvalue weighted by atomic mass is 35.5. The molecule has 2 aromatic carbocycles. The van der Waals surface area contributed by atoms with E-state index in [4.69, 9.17) is 27.9 Å². The molecule has 0 spiro atoms. The van der Waals surface area contributed by atoms with Crippen molar-refractivity contribution in [3.8, 4) is 0 Å². The normalized spacial score (nSPS) is 10.2. The first kappa shape index (κ1) is 20.7. The minimum absolute atomic E-state index is 0.0664. The van der Waals surface area contributed by atoms with Crippen LogP contribution in [0.25, 0.3) is 0 Å². The maximum Gasteiger partial charge on any atom is 0.340 e. The standard InChI is InChI=1S/C19H18Cl2N2O4/c1-12-3-6-14(7-4-12)22-17(24)10-23(2)18(25)11-27-19(26)15-9-13(20)5-8-16(15)21/h3-9H,10-11H2,1-2H3,(H,22,24). The number of hydrogen-bond donors (Lipinski definition) is 1. The van der Waals surface area contributed by atoms with Gasteiger partial charge in [0.25, 0.3) is 5.91 Å². The lowest BCUT2D eigenvalue weighted by atomic mass is 10.2. The number of anilines is 1. The van der Waals surface area contributed by atoms with E-state index < -0.39 is 18.5 Å². The zero-order valence-corrected chi connectivity index (χ0v) is 16.3. The number of benzene rings is 2. The van der Waals surface area contributed by atoms with Gasteiger partial charge in [-0.1, -0.05) is 40.9 Å². The molecule has 0 unspecified atom stereocenters. The van der Waals surface area contributed by atoms with Gasteiger partial charge in [-0.05, 0) is 37.3 Å². The fourth-order valence-electron chi connectivity index (χ4n) is 2.11. The number of esters is 1. The second-order valence-electron chi connectivity index (χ2n) is 5.86. The molecule has 6 nitrogen and oxygen atoms in total. The lowest BCUT2D eigenvalue weighted by molar-refractivity contribution is -0.136. The molecular weight excluding hydrogens is 391 g/mol. The van der Waals surface area contributed by atoms with Gasteiger partial charge in [0.05, 0.1) is 17.1 Å². The number of hydrogen-bond acceptors (Lipinski definition) is 4. The van der Waals surface area contributed by atoms with Crippen LogP contribution >= 0.6 is 23.2 Å². The van der Waals surface area contributed by atoms with Gasteiger partial charge in [-0.15, -0.1) is 0 Å². The molecule has 8 heteroatoms. The topological polar surface area (TPSA) is 75.7 Å². The molecule has 0 aliphatic carbocycles. The van der Waals surface area contributed by atoms with Crippen LogP contribution in [-0.4, -0.2) is 42.9 Å². The first-order valence-electron chi connectivity index (χ1n) is 7.99. The zero-order chi connectivity index (χ0) is 20.0. The molecular formula is C19H18Cl2N2O4. The number of likely N-dealkylation sites (N-methyl/N-ethyl adjacent to an activating group) is 1. The average Bonchev–Trinajstić information content (AvgIpc) is 2.63. The van der Waals surface area contributed by atoms with Crippen LogP contribution in [0.2, 0.25) is 10.0 Å². The molecule has 142 valence electrons. The summed E-state index contributed by atoms with van der Waals surface area (Å²) < 4.78 is 4.95. The quantitative estimate of drug-likeness (QED) is 0.741. The monoisotopic (exact) mass is 408 g/mol. The number of carbonyl (C=O) groups is 3. The molecule has 0 aromatic heterocycles. The van der Waals surface area contributed by atoms with Gasteiger partial charge in [-0.3, -0.25) is 9.59 Å². The number of halogens is 2. The molecule has 2 rings (SSSR count). The molecule has 27 heavy (non-hydrogen) atoms. The number of amides is 2. The maximum absolute atomic E-state index is 12.1. The van der Waals surface area contributed by atoms with E-state index in [2.05, 4.69) is 5.32 Å². The van der Waals surface area contributed by atoms with E-state index in [-0.39, 0.29) is 23.0 Å². The molecule has 0 saturated heterocycles. The summed E-state index contributed by atoms with van der Waals surface area (Å²) >= 11 is 11.7. The Hall–Kier alpha value is -2.57. The van der Waals surface area contributed by atoms with Crippen LogP contribution in [0.4, 0.5) is 5.69 Å². The molecule has 0 aliphatic rings. The Morgan fingerprint density at radius 2 is 1.74 bits per heavy atom. The molecule has 2 aromatic rings. The Balaban J connectivity index is 1.84. The molecule has 0 heterocycles. The lowest BCUT2D eigenvalue weighted by Crippen LogP contribution is -2.37. The van der Waals surface area contributed by atoms with Gasteiger partial charge in [0.15, 0.2) is 6.61 Å². The van der Waals surface area contributed by atoms with E-state index in [9.17, 15) is 14.4 Å². The van der Waals surface area contributed by atoms with Gasteiger partial charge in [0, 0.05) is 17.8 Å². The molecule has 0 atom stereocenters. The number of rotatable bonds is 6. The molecule has 0 radical (unpaired) electrons. The van der Waals surface area contributed by atoms with Crippen molar-refractivity contribution >= 4 is 46.7 Å². The summed E-state index contributed by atoms with van der Waals surface area (Å²) in [5.74, 6) is -1.66. The van der Waals surface area contributed by atoms with Crippen molar-refractivity contribution < 1.29 is 19.1 Å². The van der Waals surface area contributed by atoms with Crippen LogP contribution in [0.3, 0.4) is 0 Å². The SMILES string of the molecule is Cc1ccc(NC(=O)CN(C)C(=O)COC(=O)c2cc(Cl)ccc2Cl)cc1. The predicted molar refractivity (Wildman–Crippen MR) is 104 cm³/mol. The van der Waals surface area contributed by atoms with Crippen molar-refractivity contribution in [2.24, 2.45) is 0 Å². The highest BCUT2D eigenvalue weighted by molar-refractivity contribution is 6.35. The molecule has 0 saturated carbocycles. The summed E-state index contributed by atoms with van der Waals surface area (Å²) in [6.45, 7) is 1.24.